The molecule has 1 heterocycles. The Morgan fingerprint density at radius 1 is 1.24 bits per heavy atom. The van der Waals surface area contributed by atoms with E-state index < -0.39 is 0 Å². The van der Waals surface area contributed by atoms with Crippen molar-refractivity contribution in [1.29, 1.82) is 0 Å². The molecule has 17 heavy (non-hydrogen) atoms. The molecule has 0 bridgehead atoms. The Hall–Kier alpha value is -1.74. The third-order valence-electron chi connectivity index (χ3n) is 3.08. The monoisotopic (exact) mass is 225 g/mol. The lowest BCUT2D eigenvalue weighted by atomic mass is 10.1. The first-order valence-electron chi connectivity index (χ1n) is 5.99. The Balaban J connectivity index is 1.98. The number of nitrogens with zero attached hydrogens (tertiary/aromatic N) is 2. The molecule has 0 spiro atoms. The molecule has 0 unspecified atom stereocenters. The summed E-state index contributed by atoms with van der Waals surface area (Å²) in [4.78, 5) is 8.96. The highest BCUT2D eigenvalue weighted by Gasteiger charge is 2.26. The van der Waals surface area contributed by atoms with Crippen LogP contribution >= 0.6 is 0 Å². The molecule has 1 aromatic heterocycles. The normalized spacial score (nSPS) is 14.9. The summed E-state index contributed by atoms with van der Waals surface area (Å²) in [6.07, 6.45) is 4.31. The number of aromatic nitrogens is 2. The van der Waals surface area contributed by atoms with Crippen molar-refractivity contribution in [2.24, 2.45) is 5.73 Å². The first-order chi connectivity index (χ1) is 8.36. The standard InChI is InChI=1S/C14H15N3/c15-9-10-2-1-3-12(8-10)13-6-7-16-14(17-13)11-4-5-11/h1-3,6-8,11H,4-5,9,15H2. The van der Waals surface area contributed by atoms with E-state index in [-0.39, 0.29) is 0 Å². The van der Waals surface area contributed by atoms with E-state index in [1.54, 1.807) is 0 Å². The molecule has 1 saturated carbocycles. The molecule has 1 aliphatic rings. The van der Waals surface area contributed by atoms with Crippen LogP contribution < -0.4 is 5.73 Å². The quantitative estimate of drug-likeness (QED) is 0.873. The third-order valence-corrected chi connectivity index (χ3v) is 3.08. The Kier molecular flexibility index (Phi) is 2.61. The summed E-state index contributed by atoms with van der Waals surface area (Å²) in [7, 11) is 0. The summed E-state index contributed by atoms with van der Waals surface area (Å²) in [5, 5.41) is 0. The minimum Gasteiger partial charge on any atom is -0.326 e. The van der Waals surface area contributed by atoms with Crippen LogP contribution in [0.1, 0.15) is 30.1 Å². The van der Waals surface area contributed by atoms with Gasteiger partial charge < -0.3 is 5.73 Å². The van der Waals surface area contributed by atoms with Gasteiger partial charge in [0.15, 0.2) is 0 Å². The molecule has 1 aliphatic carbocycles. The fraction of sp³-hybridized carbons (Fsp3) is 0.286. The zero-order chi connectivity index (χ0) is 11.7. The maximum absolute atomic E-state index is 5.65. The average Bonchev–Trinajstić information content (AvgIpc) is 3.23. The van der Waals surface area contributed by atoms with Gasteiger partial charge in [0, 0.05) is 24.2 Å². The van der Waals surface area contributed by atoms with Crippen molar-refractivity contribution in [2.75, 3.05) is 0 Å². The third kappa shape index (κ3) is 2.19. The van der Waals surface area contributed by atoms with Crippen LogP contribution in [0.15, 0.2) is 36.5 Å². The summed E-state index contributed by atoms with van der Waals surface area (Å²) in [6, 6.07) is 10.2. The predicted octanol–water partition coefficient (Wildman–Crippen LogP) is 2.48. The van der Waals surface area contributed by atoms with Crippen molar-refractivity contribution in [3.63, 3.8) is 0 Å². The molecule has 3 heteroatoms. The molecule has 0 amide bonds. The van der Waals surface area contributed by atoms with Crippen molar-refractivity contribution in [3.05, 3.63) is 47.9 Å². The zero-order valence-corrected chi connectivity index (χ0v) is 9.63. The fourth-order valence-corrected chi connectivity index (χ4v) is 1.93. The summed E-state index contributed by atoms with van der Waals surface area (Å²) in [6.45, 7) is 0.564. The van der Waals surface area contributed by atoms with E-state index >= 15 is 0 Å². The van der Waals surface area contributed by atoms with Crippen LogP contribution in [0.5, 0.6) is 0 Å². The van der Waals surface area contributed by atoms with Crippen LogP contribution in [0.4, 0.5) is 0 Å². The van der Waals surface area contributed by atoms with E-state index in [0.717, 1.165) is 22.6 Å². The Morgan fingerprint density at radius 3 is 2.88 bits per heavy atom. The van der Waals surface area contributed by atoms with E-state index in [1.807, 2.05) is 24.4 Å². The zero-order valence-electron chi connectivity index (χ0n) is 9.63. The van der Waals surface area contributed by atoms with E-state index in [9.17, 15) is 0 Å². The molecule has 86 valence electrons. The van der Waals surface area contributed by atoms with Crippen LogP contribution in [0.25, 0.3) is 11.3 Å². The molecule has 3 rings (SSSR count). The molecule has 0 atom stereocenters. The Morgan fingerprint density at radius 2 is 2.12 bits per heavy atom. The second-order valence-electron chi connectivity index (χ2n) is 4.48. The van der Waals surface area contributed by atoms with Crippen LogP contribution in [0.3, 0.4) is 0 Å². The second-order valence-corrected chi connectivity index (χ2v) is 4.48. The maximum atomic E-state index is 5.65. The molecule has 2 N–H and O–H groups in total. The lowest BCUT2D eigenvalue weighted by Crippen LogP contribution is -1.97. The minimum atomic E-state index is 0.564. The molecule has 1 fully saturated rings. The van der Waals surface area contributed by atoms with Crippen molar-refractivity contribution < 1.29 is 0 Å². The van der Waals surface area contributed by atoms with Crippen LogP contribution in [0.2, 0.25) is 0 Å². The second kappa shape index (κ2) is 4.26. The summed E-state index contributed by atoms with van der Waals surface area (Å²) in [5.41, 5.74) is 8.91. The van der Waals surface area contributed by atoms with Crippen molar-refractivity contribution in [1.82, 2.24) is 9.97 Å². The van der Waals surface area contributed by atoms with Crippen molar-refractivity contribution in [3.8, 4) is 11.3 Å². The van der Waals surface area contributed by atoms with E-state index in [1.165, 1.54) is 12.8 Å². The van der Waals surface area contributed by atoms with Crippen molar-refractivity contribution >= 4 is 0 Å². The molecular formula is C14H15N3. The Labute approximate surface area is 101 Å². The highest BCUT2D eigenvalue weighted by molar-refractivity contribution is 5.59. The van der Waals surface area contributed by atoms with Crippen LogP contribution in [0, 0.1) is 0 Å². The van der Waals surface area contributed by atoms with E-state index in [0.29, 0.717) is 12.5 Å². The molecule has 3 nitrogen and oxygen atoms in total. The number of benzene rings is 1. The van der Waals surface area contributed by atoms with Crippen molar-refractivity contribution in [2.45, 2.75) is 25.3 Å². The SMILES string of the molecule is NCc1cccc(-c2ccnc(C3CC3)n2)c1. The van der Waals surface area contributed by atoms with Crippen LogP contribution in [-0.4, -0.2) is 9.97 Å². The topological polar surface area (TPSA) is 51.8 Å². The fourth-order valence-electron chi connectivity index (χ4n) is 1.93. The molecule has 0 radical (unpaired) electrons. The van der Waals surface area contributed by atoms with Gasteiger partial charge in [0.2, 0.25) is 0 Å². The van der Waals surface area contributed by atoms with Gasteiger partial charge in [0.1, 0.15) is 5.82 Å². The molecule has 1 aromatic carbocycles. The van der Waals surface area contributed by atoms with Gasteiger partial charge >= 0.3 is 0 Å². The summed E-state index contributed by atoms with van der Waals surface area (Å²) >= 11 is 0. The van der Waals surface area contributed by atoms with Gasteiger partial charge in [0.25, 0.3) is 0 Å². The summed E-state index contributed by atoms with van der Waals surface area (Å²) in [5.74, 6) is 1.58. The van der Waals surface area contributed by atoms with Gasteiger partial charge in [-0.25, -0.2) is 9.97 Å². The highest BCUT2D eigenvalue weighted by Crippen LogP contribution is 2.38. The maximum Gasteiger partial charge on any atom is 0.132 e. The minimum absolute atomic E-state index is 0.564. The molecule has 0 saturated heterocycles. The van der Waals surface area contributed by atoms with E-state index in [4.69, 9.17) is 5.73 Å². The van der Waals surface area contributed by atoms with Gasteiger partial charge in [-0.3, -0.25) is 0 Å². The first kappa shape index (κ1) is 10.4. The molecular weight excluding hydrogens is 210 g/mol. The van der Waals surface area contributed by atoms with Gasteiger partial charge in [-0.05, 0) is 30.5 Å². The number of rotatable bonds is 3. The summed E-state index contributed by atoms with van der Waals surface area (Å²) < 4.78 is 0. The molecule has 2 aromatic rings. The lowest BCUT2D eigenvalue weighted by molar-refractivity contribution is 0.930. The van der Waals surface area contributed by atoms with E-state index in [2.05, 4.69) is 22.1 Å². The van der Waals surface area contributed by atoms with Gasteiger partial charge in [-0.1, -0.05) is 18.2 Å². The van der Waals surface area contributed by atoms with Crippen LogP contribution in [-0.2, 0) is 6.54 Å². The number of nitrogens with two attached hydrogens (primary N) is 1. The largest absolute Gasteiger partial charge is 0.326 e. The van der Waals surface area contributed by atoms with Gasteiger partial charge in [-0.15, -0.1) is 0 Å². The lowest BCUT2D eigenvalue weighted by Gasteiger charge is -2.04. The number of hydrogen-bond donors (Lipinski definition) is 1. The average molecular weight is 225 g/mol. The number of hydrogen-bond acceptors (Lipinski definition) is 3. The first-order valence-corrected chi connectivity index (χ1v) is 5.99. The molecule has 0 aliphatic heterocycles. The van der Waals surface area contributed by atoms with Gasteiger partial charge in [-0.2, -0.15) is 0 Å². The highest BCUT2D eigenvalue weighted by atomic mass is 14.9. The predicted molar refractivity (Wildman–Crippen MR) is 67.3 cm³/mol. The Bertz CT molecular complexity index is 532. The van der Waals surface area contributed by atoms with Gasteiger partial charge in [0.05, 0.1) is 5.69 Å². The smallest absolute Gasteiger partial charge is 0.132 e.